The van der Waals surface area contributed by atoms with E-state index in [2.05, 4.69) is 5.32 Å². The van der Waals surface area contributed by atoms with Gasteiger partial charge in [-0.3, -0.25) is 10.1 Å². The fraction of sp³-hybridized carbons (Fsp3) is 0.100. The van der Waals surface area contributed by atoms with Gasteiger partial charge in [0.2, 0.25) is 0 Å². The van der Waals surface area contributed by atoms with Crippen LogP contribution in [0.3, 0.4) is 0 Å². The summed E-state index contributed by atoms with van der Waals surface area (Å²) in [7, 11) is 0. The van der Waals surface area contributed by atoms with Gasteiger partial charge in [0, 0.05) is 24.4 Å². The topological polar surface area (TPSA) is 64.4 Å². The molecule has 5 nitrogen and oxygen atoms in total. The molecule has 126 valence electrons. The van der Waals surface area contributed by atoms with E-state index in [0.717, 1.165) is 22.6 Å². The van der Waals surface area contributed by atoms with Gasteiger partial charge in [0.1, 0.15) is 12.4 Å². The van der Waals surface area contributed by atoms with Gasteiger partial charge in [-0.25, -0.2) is 0 Å². The predicted molar refractivity (Wildman–Crippen MR) is 97.6 cm³/mol. The van der Waals surface area contributed by atoms with Gasteiger partial charge >= 0.3 is 0 Å². The molecule has 0 bridgehead atoms. The minimum Gasteiger partial charge on any atom is -0.489 e. The van der Waals surface area contributed by atoms with Crippen molar-refractivity contribution in [3.63, 3.8) is 0 Å². The lowest BCUT2D eigenvalue weighted by atomic mass is 10.2. The molecule has 0 unspecified atom stereocenters. The standard InChI is InChI=1S/C20H18N2O3/c23-22(24)19-8-4-7-18(13-19)21-14-16-9-11-20(12-10-16)25-15-17-5-2-1-3-6-17/h1-13,21H,14-15H2. The first kappa shape index (κ1) is 16.5. The Kier molecular flexibility index (Phi) is 5.26. The maximum absolute atomic E-state index is 10.8. The minimum atomic E-state index is -0.399. The molecule has 3 aromatic carbocycles. The van der Waals surface area contributed by atoms with Crippen LogP contribution in [0.1, 0.15) is 11.1 Å². The fourth-order valence-electron chi connectivity index (χ4n) is 2.38. The van der Waals surface area contributed by atoms with Gasteiger partial charge in [0.15, 0.2) is 0 Å². The third kappa shape index (κ3) is 4.81. The highest BCUT2D eigenvalue weighted by molar-refractivity contribution is 5.51. The highest BCUT2D eigenvalue weighted by Gasteiger charge is 2.05. The Morgan fingerprint density at radius 1 is 0.880 bits per heavy atom. The first-order chi connectivity index (χ1) is 12.2. The lowest BCUT2D eigenvalue weighted by Crippen LogP contribution is -2.00. The molecule has 0 radical (unpaired) electrons. The smallest absolute Gasteiger partial charge is 0.271 e. The van der Waals surface area contributed by atoms with Gasteiger partial charge in [0.05, 0.1) is 4.92 Å². The van der Waals surface area contributed by atoms with E-state index in [4.69, 9.17) is 4.74 Å². The lowest BCUT2D eigenvalue weighted by molar-refractivity contribution is -0.384. The van der Waals surface area contributed by atoms with Crippen molar-refractivity contribution in [1.82, 2.24) is 0 Å². The first-order valence-electron chi connectivity index (χ1n) is 7.95. The Bertz CT molecular complexity index is 833. The van der Waals surface area contributed by atoms with E-state index in [0.29, 0.717) is 13.2 Å². The molecule has 0 spiro atoms. The van der Waals surface area contributed by atoms with Crippen LogP contribution in [0.2, 0.25) is 0 Å². The Morgan fingerprint density at radius 2 is 1.64 bits per heavy atom. The van der Waals surface area contributed by atoms with E-state index in [1.807, 2.05) is 60.7 Å². The third-order valence-corrected chi connectivity index (χ3v) is 3.73. The number of ether oxygens (including phenoxy) is 1. The molecule has 0 atom stereocenters. The van der Waals surface area contributed by atoms with Crippen LogP contribution < -0.4 is 10.1 Å². The molecule has 1 N–H and O–H groups in total. The van der Waals surface area contributed by atoms with Crippen molar-refractivity contribution in [2.24, 2.45) is 0 Å². The van der Waals surface area contributed by atoms with E-state index in [-0.39, 0.29) is 5.69 Å². The van der Waals surface area contributed by atoms with Crippen molar-refractivity contribution in [2.75, 3.05) is 5.32 Å². The number of nitro benzene ring substituents is 1. The maximum Gasteiger partial charge on any atom is 0.271 e. The van der Waals surface area contributed by atoms with E-state index >= 15 is 0 Å². The quantitative estimate of drug-likeness (QED) is 0.498. The SMILES string of the molecule is O=[N+]([O-])c1cccc(NCc2ccc(OCc3ccccc3)cc2)c1. The summed E-state index contributed by atoms with van der Waals surface area (Å²) in [4.78, 5) is 10.4. The van der Waals surface area contributed by atoms with Crippen molar-refractivity contribution in [1.29, 1.82) is 0 Å². The van der Waals surface area contributed by atoms with Crippen molar-refractivity contribution in [3.8, 4) is 5.75 Å². The van der Waals surface area contributed by atoms with E-state index in [1.54, 1.807) is 6.07 Å². The number of benzene rings is 3. The third-order valence-electron chi connectivity index (χ3n) is 3.73. The number of nitrogens with one attached hydrogen (secondary N) is 1. The second-order valence-electron chi connectivity index (χ2n) is 5.58. The molecule has 0 amide bonds. The van der Waals surface area contributed by atoms with E-state index in [9.17, 15) is 10.1 Å². The monoisotopic (exact) mass is 334 g/mol. The van der Waals surface area contributed by atoms with Gasteiger partial charge in [-0.1, -0.05) is 48.5 Å². The van der Waals surface area contributed by atoms with Crippen LogP contribution >= 0.6 is 0 Å². The molecule has 0 aliphatic heterocycles. The molecule has 0 aliphatic carbocycles. The van der Waals surface area contributed by atoms with E-state index < -0.39 is 4.92 Å². The highest BCUT2D eigenvalue weighted by Crippen LogP contribution is 2.19. The zero-order chi connectivity index (χ0) is 17.5. The summed E-state index contributed by atoms with van der Waals surface area (Å²) in [6.07, 6.45) is 0. The zero-order valence-electron chi connectivity index (χ0n) is 13.6. The summed E-state index contributed by atoms with van der Waals surface area (Å²) in [6.45, 7) is 1.12. The van der Waals surface area contributed by atoms with Gasteiger partial charge in [-0.2, -0.15) is 0 Å². The molecule has 0 aliphatic rings. The second kappa shape index (κ2) is 7.97. The number of nitrogens with zero attached hydrogens (tertiary/aromatic N) is 1. The van der Waals surface area contributed by atoms with Crippen LogP contribution in [0.15, 0.2) is 78.9 Å². The fourth-order valence-corrected chi connectivity index (χ4v) is 2.38. The second-order valence-corrected chi connectivity index (χ2v) is 5.58. The van der Waals surface area contributed by atoms with Crippen molar-refractivity contribution in [3.05, 3.63) is 100 Å². The summed E-state index contributed by atoms with van der Waals surface area (Å²) in [5.41, 5.74) is 2.99. The number of hydrogen-bond donors (Lipinski definition) is 1. The highest BCUT2D eigenvalue weighted by atomic mass is 16.6. The number of hydrogen-bond acceptors (Lipinski definition) is 4. The van der Waals surface area contributed by atoms with Gasteiger partial charge in [-0.05, 0) is 29.3 Å². The van der Waals surface area contributed by atoms with E-state index in [1.165, 1.54) is 12.1 Å². The molecular weight excluding hydrogens is 316 g/mol. The molecule has 25 heavy (non-hydrogen) atoms. The van der Waals surface area contributed by atoms with Crippen molar-refractivity contribution < 1.29 is 9.66 Å². The molecule has 3 aromatic rings. The average molecular weight is 334 g/mol. The summed E-state index contributed by atoms with van der Waals surface area (Å²) < 4.78 is 5.76. The van der Waals surface area contributed by atoms with Gasteiger partial charge in [-0.15, -0.1) is 0 Å². The number of rotatable bonds is 7. The molecule has 0 aromatic heterocycles. The number of non-ortho nitro benzene ring substituents is 1. The van der Waals surface area contributed by atoms with Crippen LogP contribution in [-0.2, 0) is 13.2 Å². The van der Waals surface area contributed by atoms with Crippen LogP contribution in [0.4, 0.5) is 11.4 Å². The van der Waals surface area contributed by atoms with Crippen molar-refractivity contribution in [2.45, 2.75) is 13.2 Å². The van der Waals surface area contributed by atoms with Crippen LogP contribution in [0.5, 0.6) is 5.75 Å². The molecule has 3 rings (SSSR count). The van der Waals surface area contributed by atoms with Crippen molar-refractivity contribution >= 4 is 11.4 Å². The average Bonchev–Trinajstić information content (AvgIpc) is 2.66. The number of anilines is 1. The minimum absolute atomic E-state index is 0.0784. The molecule has 0 heterocycles. The number of nitro groups is 1. The lowest BCUT2D eigenvalue weighted by Gasteiger charge is -2.09. The Morgan fingerprint density at radius 3 is 2.36 bits per heavy atom. The molecule has 5 heteroatoms. The predicted octanol–water partition coefficient (Wildman–Crippen LogP) is 4.79. The Hall–Kier alpha value is -3.34. The Balaban J connectivity index is 1.54. The van der Waals surface area contributed by atoms with Crippen LogP contribution in [-0.4, -0.2) is 4.92 Å². The van der Waals surface area contributed by atoms with Gasteiger partial charge < -0.3 is 10.1 Å². The largest absolute Gasteiger partial charge is 0.489 e. The summed E-state index contributed by atoms with van der Waals surface area (Å²) in [5, 5.41) is 14.0. The molecule has 0 saturated heterocycles. The summed E-state index contributed by atoms with van der Waals surface area (Å²) >= 11 is 0. The molecular formula is C20H18N2O3. The van der Waals surface area contributed by atoms with Crippen LogP contribution in [0, 0.1) is 10.1 Å². The normalized spacial score (nSPS) is 10.2. The summed E-state index contributed by atoms with van der Waals surface area (Å²) in [6, 6.07) is 24.3. The summed E-state index contributed by atoms with van der Waals surface area (Å²) in [5.74, 6) is 0.808. The molecule has 0 saturated carbocycles. The Labute approximate surface area is 146 Å². The first-order valence-corrected chi connectivity index (χ1v) is 7.95. The zero-order valence-corrected chi connectivity index (χ0v) is 13.6. The molecule has 0 fully saturated rings. The van der Waals surface area contributed by atoms with Crippen LogP contribution in [0.25, 0.3) is 0 Å². The van der Waals surface area contributed by atoms with Gasteiger partial charge in [0.25, 0.3) is 5.69 Å². The maximum atomic E-state index is 10.8.